The van der Waals surface area contributed by atoms with Crippen molar-refractivity contribution in [2.45, 2.75) is 40.0 Å². The molecule has 3 aromatic heterocycles. The summed E-state index contributed by atoms with van der Waals surface area (Å²) in [6, 6.07) is 152. The first-order valence-electron chi connectivity index (χ1n) is 42.4. The summed E-state index contributed by atoms with van der Waals surface area (Å²) in [6.45, 7) is 6.43. The summed E-state index contributed by atoms with van der Waals surface area (Å²) in [5.74, 6) is 0. The molecule has 3 heteroatoms. The van der Waals surface area contributed by atoms with Crippen LogP contribution < -0.4 is 0 Å². The van der Waals surface area contributed by atoms with E-state index in [1.165, 1.54) is 243 Å². The molecule has 0 aliphatic heterocycles. The fourth-order valence-corrected chi connectivity index (χ4v) is 19.7. The zero-order valence-corrected chi connectivity index (χ0v) is 67.7. The Labute approximate surface area is 704 Å². The van der Waals surface area contributed by atoms with Crippen molar-refractivity contribution in [1.82, 2.24) is 13.7 Å². The van der Waals surface area contributed by atoms with Crippen LogP contribution in [0.1, 0.15) is 50.1 Å². The number of nitrogens with zero attached hydrogens (tertiary/aromatic N) is 3. The number of hydrogen-bond donors (Lipinski definition) is 0. The third kappa shape index (κ3) is 12.6. The molecule has 0 atom stereocenters. The van der Waals surface area contributed by atoms with Crippen LogP contribution in [0.4, 0.5) is 0 Å². The monoisotopic (exact) mass is 1540 g/mol. The van der Waals surface area contributed by atoms with E-state index in [9.17, 15) is 0 Å². The van der Waals surface area contributed by atoms with Gasteiger partial charge < -0.3 is 13.7 Å². The van der Waals surface area contributed by atoms with Gasteiger partial charge in [0.05, 0.1) is 33.1 Å². The minimum atomic E-state index is 1.00. The second-order valence-corrected chi connectivity index (χ2v) is 33.3. The molecule has 0 bridgehead atoms. The Morgan fingerprint density at radius 3 is 0.702 bits per heavy atom. The molecule has 0 saturated heterocycles. The fourth-order valence-electron chi connectivity index (χ4n) is 19.7. The smallest absolute Gasteiger partial charge is 0.0541 e. The predicted octanol–water partition coefficient (Wildman–Crippen LogP) is 31.1. The minimum Gasteiger partial charge on any atom is -0.309 e. The largest absolute Gasteiger partial charge is 0.309 e. The summed E-state index contributed by atoms with van der Waals surface area (Å²) < 4.78 is 7.22. The van der Waals surface area contributed by atoms with Crippen LogP contribution in [0.3, 0.4) is 0 Å². The number of aromatic nitrogens is 3. The summed E-state index contributed by atoms with van der Waals surface area (Å²) in [5, 5.41) is 10.2. The minimum absolute atomic E-state index is 1.00. The van der Waals surface area contributed by atoms with Crippen LogP contribution in [-0.4, -0.2) is 13.7 Å². The van der Waals surface area contributed by atoms with Gasteiger partial charge in [-0.2, -0.15) is 0 Å². The highest BCUT2D eigenvalue weighted by molar-refractivity contribution is 6.15. The standard InChI is InChI=1S/C45H31N.C38H27N.C35H25N/c1-28-10-16-37(17-11-28)46-44-20-14-31(29-12-18-40-35(22-29)24-33-6-2-4-8-38(33)40)26-42(44)43-27-32(15-21-45(43)46)30-13-19-41-36(23-30)25-34-7-3-5-9-39(34)41;1-25-11-16-32(17-12-25)39-37-19-14-28(26-7-3-2-4-8-26)23-35(37)36-24-29(15-20-38(36)39)27-13-18-34-31(21-27)22-30-9-5-6-10-33(30)34;1-24-11-17-31(18-12-24)36-34-19-15-29(25-7-3-2-4-8-25)22-32(34)33-23-30(16-20-35(33)36)28-14-13-26-9-5-6-10-27(26)21-28/h2-23,26-27H,24-25H2,1H3;2-21,23-24H,22H2,1H3;2-23H,1H3. The average Bonchev–Trinajstić information content (AvgIpc) is 1.59. The van der Waals surface area contributed by atoms with Crippen LogP contribution in [0.5, 0.6) is 0 Å². The number of fused-ring (bicyclic) bond motifs is 19. The summed E-state index contributed by atoms with van der Waals surface area (Å²) in [5.41, 5.74) is 46.6. The Hall–Kier alpha value is -15.2. The van der Waals surface area contributed by atoms with Crippen LogP contribution in [-0.2, 0) is 19.3 Å². The Morgan fingerprint density at radius 1 is 0.157 bits per heavy atom. The van der Waals surface area contributed by atoms with Crippen molar-refractivity contribution in [3.8, 4) is 117 Å². The van der Waals surface area contributed by atoms with Gasteiger partial charge in [-0.1, -0.05) is 314 Å². The van der Waals surface area contributed by atoms with Gasteiger partial charge >= 0.3 is 0 Å². The third-order valence-corrected chi connectivity index (χ3v) is 25.8. The lowest BCUT2D eigenvalue weighted by atomic mass is 9.96. The van der Waals surface area contributed by atoms with Crippen LogP contribution in [0.2, 0.25) is 0 Å². The van der Waals surface area contributed by atoms with Gasteiger partial charge in [0.1, 0.15) is 0 Å². The molecule has 3 nitrogen and oxygen atoms in total. The molecule has 3 aliphatic carbocycles. The molecule has 0 fully saturated rings. The van der Waals surface area contributed by atoms with E-state index in [2.05, 4.69) is 447 Å². The number of benzene rings is 19. The van der Waals surface area contributed by atoms with Crippen LogP contribution in [0, 0.1) is 20.8 Å². The SMILES string of the molecule is Cc1ccc(-n2c3ccc(-c4ccc5c(c4)Cc4ccccc4-5)cc3c3cc(-c4ccc5c(c4)Cc4ccccc4-5)ccc32)cc1.Cc1ccc(-n2c3ccc(-c4ccccc4)cc3c3cc(-c4ccc5c(c4)Cc4ccccc4-5)ccc32)cc1.Cc1ccc(-n2c3ccc(-c4ccccc4)cc3c3cc(-c4ccc5ccccc5c4)ccc32)cc1. The van der Waals surface area contributed by atoms with Crippen LogP contribution >= 0.6 is 0 Å². The lowest BCUT2D eigenvalue weighted by molar-refractivity contribution is 1.17. The van der Waals surface area contributed by atoms with Crippen molar-refractivity contribution >= 4 is 76.2 Å². The van der Waals surface area contributed by atoms with Crippen molar-refractivity contribution in [3.05, 3.63) is 463 Å². The fraction of sp³-hybridized carbons (Fsp3) is 0.0508. The van der Waals surface area contributed by atoms with Gasteiger partial charge in [0.15, 0.2) is 0 Å². The molecule has 19 aromatic carbocycles. The first kappa shape index (κ1) is 71.2. The number of rotatable bonds is 9. The molecule has 3 heterocycles. The van der Waals surface area contributed by atoms with Crippen molar-refractivity contribution in [2.24, 2.45) is 0 Å². The van der Waals surface area contributed by atoms with Gasteiger partial charge in [0.25, 0.3) is 0 Å². The normalized spacial score (nSPS) is 12.2. The predicted molar refractivity (Wildman–Crippen MR) is 511 cm³/mol. The molecule has 121 heavy (non-hydrogen) atoms. The lowest BCUT2D eigenvalue weighted by Gasteiger charge is -2.10. The van der Waals surface area contributed by atoms with E-state index in [4.69, 9.17) is 0 Å². The summed E-state index contributed by atoms with van der Waals surface area (Å²) in [4.78, 5) is 0. The zero-order chi connectivity index (χ0) is 80.3. The average molecular weight is 1540 g/mol. The topological polar surface area (TPSA) is 14.8 Å². The molecule has 570 valence electrons. The van der Waals surface area contributed by atoms with E-state index in [-0.39, 0.29) is 0 Å². The highest BCUT2D eigenvalue weighted by Gasteiger charge is 2.25. The molecule has 0 saturated carbocycles. The molecular weight excluding hydrogens is 1460 g/mol. The lowest BCUT2D eigenvalue weighted by Crippen LogP contribution is -1.94. The van der Waals surface area contributed by atoms with Crippen molar-refractivity contribution in [3.63, 3.8) is 0 Å². The first-order valence-corrected chi connectivity index (χ1v) is 42.4. The first-order chi connectivity index (χ1) is 59.6. The van der Waals surface area contributed by atoms with E-state index in [1.807, 2.05) is 0 Å². The van der Waals surface area contributed by atoms with Gasteiger partial charge in [-0.3, -0.25) is 0 Å². The maximum Gasteiger partial charge on any atom is 0.0541 e. The molecule has 0 N–H and O–H groups in total. The molecule has 25 rings (SSSR count). The molecule has 0 radical (unpaired) electrons. The van der Waals surface area contributed by atoms with Gasteiger partial charge in [-0.25, -0.2) is 0 Å². The Bertz CT molecular complexity index is 7750. The van der Waals surface area contributed by atoms with Crippen molar-refractivity contribution in [2.75, 3.05) is 0 Å². The molecule has 0 unspecified atom stereocenters. The number of hydrogen-bond acceptors (Lipinski definition) is 0. The Balaban J connectivity index is 0.000000107. The van der Waals surface area contributed by atoms with Crippen LogP contribution in [0.25, 0.3) is 193 Å². The summed E-state index contributed by atoms with van der Waals surface area (Å²) >= 11 is 0. The van der Waals surface area contributed by atoms with E-state index in [1.54, 1.807) is 0 Å². The Kier molecular flexibility index (Phi) is 17.2. The molecule has 22 aromatic rings. The number of aryl methyl sites for hydroxylation is 3. The van der Waals surface area contributed by atoms with Gasteiger partial charge in [0, 0.05) is 49.4 Å². The van der Waals surface area contributed by atoms with Crippen molar-refractivity contribution < 1.29 is 0 Å². The molecule has 3 aliphatic rings. The van der Waals surface area contributed by atoms with E-state index >= 15 is 0 Å². The second kappa shape index (κ2) is 29.2. The van der Waals surface area contributed by atoms with Crippen molar-refractivity contribution in [1.29, 1.82) is 0 Å². The van der Waals surface area contributed by atoms with E-state index in [0.717, 1.165) is 19.3 Å². The highest BCUT2D eigenvalue weighted by atomic mass is 15.0. The Morgan fingerprint density at radius 2 is 0.388 bits per heavy atom. The van der Waals surface area contributed by atoms with Gasteiger partial charge in [0.2, 0.25) is 0 Å². The maximum atomic E-state index is 2.43. The summed E-state index contributed by atoms with van der Waals surface area (Å²) in [7, 11) is 0. The molecule has 0 amide bonds. The molecule has 0 spiro atoms. The zero-order valence-electron chi connectivity index (χ0n) is 67.7. The van der Waals surface area contributed by atoms with E-state index < -0.39 is 0 Å². The quantitative estimate of drug-likeness (QED) is 0.137. The van der Waals surface area contributed by atoms with Crippen LogP contribution in [0.15, 0.2) is 413 Å². The summed E-state index contributed by atoms with van der Waals surface area (Å²) in [6.07, 6.45) is 3.02. The van der Waals surface area contributed by atoms with E-state index in [0.29, 0.717) is 0 Å². The third-order valence-electron chi connectivity index (χ3n) is 25.8. The second-order valence-electron chi connectivity index (χ2n) is 33.3. The molecular formula is C118H83N3. The van der Waals surface area contributed by atoms with Gasteiger partial charge in [-0.05, 0) is 300 Å². The highest BCUT2D eigenvalue weighted by Crippen LogP contribution is 2.47. The maximum absolute atomic E-state index is 2.43. The van der Waals surface area contributed by atoms with Gasteiger partial charge in [-0.15, -0.1) is 0 Å².